The topological polar surface area (TPSA) is 50.1 Å². The molecule has 0 aliphatic rings. The fourth-order valence-electron chi connectivity index (χ4n) is 1.53. The minimum absolute atomic E-state index is 0.319. The van der Waals surface area contributed by atoms with E-state index in [1.165, 1.54) is 0 Å². The summed E-state index contributed by atoms with van der Waals surface area (Å²) in [7, 11) is 0. The van der Waals surface area contributed by atoms with Crippen molar-refractivity contribution in [1.29, 1.82) is 5.26 Å². The van der Waals surface area contributed by atoms with E-state index in [0.717, 1.165) is 22.9 Å². The number of thiocyanates is 1. The van der Waals surface area contributed by atoms with Crippen LogP contribution in [0.25, 0.3) is 0 Å². The highest BCUT2D eigenvalue weighted by molar-refractivity contribution is 8.04. The van der Waals surface area contributed by atoms with Gasteiger partial charge in [0.05, 0.1) is 6.61 Å². The van der Waals surface area contributed by atoms with Gasteiger partial charge in [0.15, 0.2) is 0 Å². The Morgan fingerprint density at radius 2 is 2.35 bits per heavy atom. The molecule has 90 valence electrons. The Morgan fingerprint density at radius 3 is 2.94 bits per heavy atom. The summed E-state index contributed by atoms with van der Waals surface area (Å²) in [5.74, 6) is -0.319. The van der Waals surface area contributed by atoms with Gasteiger partial charge in [-0.15, -0.1) is 0 Å². The van der Waals surface area contributed by atoms with Gasteiger partial charge in [-0.05, 0) is 37.6 Å². The smallest absolute Gasteiger partial charge is 0.320 e. The second-order valence-electron chi connectivity index (χ2n) is 3.64. The summed E-state index contributed by atoms with van der Waals surface area (Å²) in [6.45, 7) is 4.11. The van der Waals surface area contributed by atoms with Crippen LogP contribution in [0.5, 0.6) is 0 Å². The summed E-state index contributed by atoms with van der Waals surface area (Å²) in [5, 5.41) is 10.2. The van der Waals surface area contributed by atoms with Crippen molar-refractivity contribution >= 4 is 17.7 Å². The number of esters is 1. The summed E-state index contributed by atoms with van der Waals surface area (Å²) in [6, 6.07) is 7.92. The molecule has 0 saturated carbocycles. The number of nitriles is 1. The number of ether oxygens (including phenoxy) is 1. The molecular weight excluding hydrogens is 234 g/mol. The molecule has 0 bridgehead atoms. The van der Waals surface area contributed by atoms with Crippen LogP contribution in [0.2, 0.25) is 0 Å². The minimum Gasteiger partial charge on any atom is -0.465 e. The lowest BCUT2D eigenvalue weighted by Gasteiger charge is -2.11. The molecule has 0 aromatic heterocycles. The second-order valence-corrected chi connectivity index (χ2v) is 4.63. The molecule has 1 atom stereocenters. The number of carbonyl (C=O) groups is 1. The number of hydrogen-bond acceptors (Lipinski definition) is 4. The largest absolute Gasteiger partial charge is 0.465 e. The Labute approximate surface area is 106 Å². The summed E-state index contributed by atoms with van der Waals surface area (Å²) in [5.41, 5.74) is 2.19. The van der Waals surface area contributed by atoms with Crippen LogP contribution in [-0.4, -0.2) is 17.8 Å². The van der Waals surface area contributed by atoms with Gasteiger partial charge in [0.1, 0.15) is 10.7 Å². The molecule has 0 unspecified atom stereocenters. The number of hydrogen-bond donors (Lipinski definition) is 0. The monoisotopic (exact) mass is 249 g/mol. The normalized spacial score (nSPS) is 11.6. The third-order valence-corrected chi connectivity index (χ3v) is 3.00. The van der Waals surface area contributed by atoms with Crippen LogP contribution < -0.4 is 0 Å². The molecule has 0 aliphatic heterocycles. The maximum atomic E-state index is 11.6. The van der Waals surface area contributed by atoms with Gasteiger partial charge in [-0.25, -0.2) is 0 Å². The molecule has 17 heavy (non-hydrogen) atoms. The van der Waals surface area contributed by atoms with Gasteiger partial charge >= 0.3 is 5.97 Å². The van der Waals surface area contributed by atoms with Gasteiger partial charge in [0.2, 0.25) is 0 Å². The maximum absolute atomic E-state index is 11.6. The summed E-state index contributed by atoms with van der Waals surface area (Å²) in [4.78, 5) is 11.6. The van der Waals surface area contributed by atoms with Crippen LogP contribution in [0.4, 0.5) is 0 Å². The van der Waals surface area contributed by atoms with E-state index in [4.69, 9.17) is 10.00 Å². The van der Waals surface area contributed by atoms with E-state index in [1.807, 2.05) is 36.6 Å². The maximum Gasteiger partial charge on any atom is 0.320 e. The first-order valence-electron chi connectivity index (χ1n) is 5.44. The molecule has 0 spiro atoms. The zero-order valence-corrected chi connectivity index (χ0v) is 10.8. The van der Waals surface area contributed by atoms with Crippen molar-refractivity contribution in [3.05, 3.63) is 35.4 Å². The van der Waals surface area contributed by atoms with Crippen molar-refractivity contribution in [3.8, 4) is 5.40 Å². The Hall–Kier alpha value is -1.47. The van der Waals surface area contributed by atoms with Crippen molar-refractivity contribution in [1.82, 2.24) is 0 Å². The lowest BCUT2D eigenvalue weighted by Crippen LogP contribution is -2.22. The van der Waals surface area contributed by atoms with Gasteiger partial charge in [-0.2, -0.15) is 5.26 Å². The Morgan fingerprint density at radius 1 is 1.59 bits per heavy atom. The molecule has 0 radical (unpaired) electrons. The van der Waals surface area contributed by atoms with E-state index in [1.54, 1.807) is 6.92 Å². The molecule has 0 heterocycles. The molecule has 0 fully saturated rings. The average molecular weight is 249 g/mol. The first kappa shape index (κ1) is 13.6. The predicted octanol–water partition coefficient (Wildman–Crippen LogP) is 2.68. The highest BCUT2D eigenvalue weighted by Crippen LogP contribution is 2.17. The SMILES string of the molecule is CCOC(=O)[C@H](Cc1cccc(C)c1)SC#N. The van der Waals surface area contributed by atoms with Crippen LogP contribution in [0.3, 0.4) is 0 Å². The summed E-state index contributed by atoms with van der Waals surface area (Å²) >= 11 is 0.956. The van der Waals surface area contributed by atoms with Gasteiger partial charge in [0.25, 0.3) is 0 Å². The lowest BCUT2D eigenvalue weighted by atomic mass is 10.1. The van der Waals surface area contributed by atoms with Crippen molar-refractivity contribution in [2.75, 3.05) is 6.61 Å². The Kier molecular flexibility index (Phi) is 5.58. The molecule has 4 heteroatoms. The summed E-state index contributed by atoms with van der Waals surface area (Å²) in [6.07, 6.45) is 0.527. The molecule has 1 rings (SSSR count). The van der Waals surface area contributed by atoms with Crippen molar-refractivity contribution < 1.29 is 9.53 Å². The van der Waals surface area contributed by atoms with Crippen LogP contribution in [-0.2, 0) is 16.0 Å². The average Bonchev–Trinajstić information content (AvgIpc) is 2.29. The van der Waals surface area contributed by atoms with Crippen molar-refractivity contribution in [3.63, 3.8) is 0 Å². The van der Waals surface area contributed by atoms with Crippen molar-refractivity contribution in [2.45, 2.75) is 25.5 Å². The minimum atomic E-state index is -0.443. The molecule has 1 aromatic carbocycles. The standard InChI is InChI=1S/C13H15NO2S/c1-3-16-13(15)12(17-9-14)8-11-6-4-5-10(2)7-11/h4-7,12H,3,8H2,1-2H3/t12-/m0/s1. The Bertz CT molecular complexity index is 426. The van der Waals surface area contributed by atoms with E-state index in [2.05, 4.69) is 0 Å². The lowest BCUT2D eigenvalue weighted by molar-refractivity contribution is -0.142. The van der Waals surface area contributed by atoms with E-state index >= 15 is 0 Å². The number of carbonyl (C=O) groups excluding carboxylic acids is 1. The van der Waals surface area contributed by atoms with Crippen LogP contribution in [0.15, 0.2) is 24.3 Å². The fourth-order valence-corrected chi connectivity index (χ4v) is 2.09. The third kappa shape index (κ3) is 4.49. The molecule has 1 aromatic rings. The molecule has 3 nitrogen and oxygen atoms in total. The number of rotatable bonds is 5. The molecule has 0 aliphatic carbocycles. The van der Waals surface area contributed by atoms with Crippen LogP contribution in [0.1, 0.15) is 18.1 Å². The third-order valence-electron chi connectivity index (χ3n) is 2.25. The molecule has 0 N–H and O–H groups in total. The summed E-state index contributed by atoms with van der Waals surface area (Å²) < 4.78 is 4.95. The Balaban J connectivity index is 2.73. The van der Waals surface area contributed by atoms with Crippen molar-refractivity contribution in [2.24, 2.45) is 0 Å². The zero-order valence-electron chi connectivity index (χ0n) is 9.97. The highest BCUT2D eigenvalue weighted by Gasteiger charge is 2.21. The van der Waals surface area contributed by atoms with E-state index < -0.39 is 5.25 Å². The highest BCUT2D eigenvalue weighted by atomic mass is 32.2. The number of benzene rings is 1. The van der Waals surface area contributed by atoms with Crippen LogP contribution >= 0.6 is 11.8 Å². The van der Waals surface area contributed by atoms with Gasteiger partial charge in [-0.1, -0.05) is 29.8 Å². The number of nitrogens with zero attached hydrogens (tertiary/aromatic N) is 1. The zero-order chi connectivity index (χ0) is 12.7. The number of aryl methyl sites for hydroxylation is 1. The first-order valence-corrected chi connectivity index (χ1v) is 6.32. The molecule has 0 amide bonds. The molecular formula is C13H15NO2S. The van der Waals surface area contributed by atoms with Crippen LogP contribution in [0, 0.1) is 17.6 Å². The number of thioether (sulfide) groups is 1. The van der Waals surface area contributed by atoms with Gasteiger partial charge in [0, 0.05) is 0 Å². The van der Waals surface area contributed by atoms with E-state index in [-0.39, 0.29) is 5.97 Å². The quantitative estimate of drug-likeness (QED) is 0.594. The molecule has 0 saturated heterocycles. The van der Waals surface area contributed by atoms with Gasteiger partial charge in [-0.3, -0.25) is 4.79 Å². The van der Waals surface area contributed by atoms with E-state index in [0.29, 0.717) is 13.0 Å². The van der Waals surface area contributed by atoms with E-state index in [9.17, 15) is 4.79 Å². The predicted molar refractivity (Wildman–Crippen MR) is 68.5 cm³/mol. The second kappa shape index (κ2) is 6.97. The van der Waals surface area contributed by atoms with Gasteiger partial charge < -0.3 is 4.74 Å². The first-order chi connectivity index (χ1) is 8.17. The fraction of sp³-hybridized carbons (Fsp3) is 0.385.